The van der Waals surface area contributed by atoms with Crippen LogP contribution in [0.15, 0.2) is 18.3 Å². The number of rotatable bonds is 3. The average Bonchev–Trinajstić information content (AvgIpc) is 2.69. The standard InChI is InChI=1S/C11H15N3O2S2/c1-14(9-3-5-18(15,16)7-9)8-2-4-13-10(6-8)11(12)17/h2,4,6,9H,3,5,7H2,1H3,(H2,12,17). The second kappa shape index (κ2) is 4.81. The summed E-state index contributed by atoms with van der Waals surface area (Å²) in [5.74, 6) is 0.462. The van der Waals surface area contributed by atoms with Crippen molar-refractivity contribution in [2.75, 3.05) is 23.5 Å². The fraction of sp³-hybridized carbons (Fsp3) is 0.455. The number of hydrogen-bond donors (Lipinski definition) is 1. The lowest BCUT2D eigenvalue weighted by Gasteiger charge is -2.25. The van der Waals surface area contributed by atoms with Gasteiger partial charge in [0.15, 0.2) is 9.84 Å². The third kappa shape index (κ3) is 2.78. The molecule has 1 aliphatic rings. The van der Waals surface area contributed by atoms with Gasteiger partial charge >= 0.3 is 0 Å². The van der Waals surface area contributed by atoms with Crippen LogP contribution in [0.25, 0.3) is 0 Å². The van der Waals surface area contributed by atoms with Gasteiger partial charge in [0.05, 0.1) is 17.2 Å². The molecular formula is C11H15N3O2S2. The number of sulfone groups is 1. The predicted octanol–water partition coefficient (Wildman–Crippen LogP) is 0.339. The van der Waals surface area contributed by atoms with Crippen LogP contribution in [0.5, 0.6) is 0 Å². The van der Waals surface area contributed by atoms with E-state index in [2.05, 4.69) is 4.98 Å². The Bertz CT molecular complexity index is 571. The molecule has 18 heavy (non-hydrogen) atoms. The Kier molecular flexibility index (Phi) is 3.54. The molecular weight excluding hydrogens is 270 g/mol. The highest BCUT2D eigenvalue weighted by Gasteiger charge is 2.30. The monoisotopic (exact) mass is 285 g/mol. The van der Waals surface area contributed by atoms with Crippen molar-refractivity contribution in [3.8, 4) is 0 Å². The number of anilines is 1. The highest BCUT2D eigenvalue weighted by Crippen LogP contribution is 2.22. The van der Waals surface area contributed by atoms with Crippen LogP contribution in [0, 0.1) is 0 Å². The molecule has 5 nitrogen and oxygen atoms in total. The summed E-state index contributed by atoms with van der Waals surface area (Å²) in [6, 6.07) is 3.62. The lowest BCUT2D eigenvalue weighted by atomic mass is 10.2. The molecule has 1 aromatic heterocycles. The van der Waals surface area contributed by atoms with E-state index in [1.165, 1.54) is 0 Å². The molecule has 1 unspecified atom stereocenters. The maximum Gasteiger partial charge on any atom is 0.152 e. The normalized spacial score (nSPS) is 21.7. The summed E-state index contributed by atoms with van der Waals surface area (Å²) < 4.78 is 22.9. The first-order chi connectivity index (χ1) is 8.39. The van der Waals surface area contributed by atoms with Crippen molar-refractivity contribution < 1.29 is 8.42 Å². The van der Waals surface area contributed by atoms with Gasteiger partial charge in [-0.05, 0) is 18.6 Å². The van der Waals surface area contributed by atoms with Gasteiger partial charge in [-0.15, -0.1) is 0 Å². The van der Waals surface area contributed by atoms with Crippen LogP contribution in [0.4, 0.5) is 5.69 Å². The highest BCUT2D eigenvalue weighted by atomic mass is 32.2. The average molecular weight is 285 g/mol. The Hall–Kier alpha value is -1.21. The number of pyridine rings is 1. The van der Waals surface area contributed by atoms with E-state index < -0.39 is 9.84 Å². The van der Waals surface area contributed by atoms with Gasteiger partial charge < -0.3 is 10.6 Å². The Labute approximate surface area is 112 Å². The SMILES string of the molecule is CN(c1ccnc(C(N)=S)c1)C1CCS(=O)(=O)C1. The Morgan fingerprint density at radius 2 is 2.33 bits per heavy atom. The minimum absolute atomic E-state index is 0.0107. The maximum atomic E-state index is 11.5. The van der Waals surface area contributed by atoms with Gasteiger partial charge in [-0.1, -0.05) is 12.2 Å². The molecule has 0 amide bonds. The van der Waals surface area contributed by atoms with Crippen molar-refractivity contribution in [3.05, 3.63) is 24.0 Å². The Morgan fingerprint density at radius 3 is 2.89 bits per heavy atom. The topological polar surface area (TPSA) is 76.3 Å². The van der Waals surface area contributed by atoms with Gasteiger partial charge in [-0.2, -0.15) is 0 Å². The zero-order valence-corrected chi connectivity index (χ0v) is 11.7. The van der Waals surface area contributed by atoms with Crippen LogP contribution >= 0.6 is 12.2 Å². The zero-order chi connectivity index (χ0) is 13.3. The van der Waals surface area contributed by atoms with Crippen molar-refractivity contribution in [1.29, 1.82) is 0 Å². The number of nitrogens with zero attached hydrogens (tertiary/aromatic N) is 2. The lowest BCUT2D eigenvalue weighted by molar-refractivity contribution is 0.601. The van der Waals surface area contributed by atoms with Crippen LogP contribution in [-0.4, -0.2) is 43.0 Å². The van der Waals surface area contributed by atoms with Gasteiger partial charge in [-0.3, -0.25) is 4.98 Å². The summed E-state index contributed by atoms with van der Waals surface area (Å²) in [6.45, 7) is 0. The van der Waals surface area contributed by atoms with E-state index in [0.717, 1.165) is 5.69 Å². The van der Waals surface area contributed by atoms with E-state index >= 15 is 0 Å². The Balaban J connectivity index is 2.21. The summed E-state index contributed by atoms with van der Waals surface area (Å²) in [5.41, 5.74) is 6.97. The highest BCUT2D eigenvalue weighted by molar-refractivity contribution is 7.91. The van der Waals surface area contributed by atoms with E-state index in [4.69, 9.17) is 18.0 Å². The van der Waals surface area contributed by atoms with Gasteiger partial charge in [0, 0.05) is 25.0 Å². The third-order valence-corrected chi connectivity index (χ3v) is 5.12. The zero-order valence-electron chi connectivity index (χ0n) is 10.0. The maximum absolute atomic E-state index is 11.5. The molecule has 0 aliphatic carbocycles. The summed E-state index contributed by atoms with van der Waals surface area (Å²) >= 11 is 4.88. The molecule has 1 saturated heterocycles. The van der Waals surface area contributed by atoms with Crippen molar-refractivity contribution >= 4 is 32.7 Å². The minimum Gasteiger partial charge on any atom is -0.388 e. The van der Waals surface area contributed by atoms with Gasteiger partial charge in [0.1, 0.15) is 4.99 Å². The molecule has 0 spiro atoms. The molecule has 1 fully saturated rings. The van der Waals surface area contributed by atoms with E-state index in [0.29, 0.717) is 12.1 Å². The number of aromatic nitrogens is 1. The summed E-state index contributed by atoms with van der Waals surface area (Å²) in [5, 5.41) is 0. The van der Waals surface area contributed by atoms with E-state index in [-0.39, 0.29) is 22.5 Å². The number of nitrogens with two attached hydrogens (primary N) is 1. The van der Waals surface area contributed by atoms with Crippen LogP contribution in [0.2, 0.25) is 0 Å². The number of hydrogen-bond acceptors (Lipinski definition) is 5. The van der Waals surface area contributed by atoms with E-state index in [1.54, 1.807) is 12.3 Å². The summed E-state index contributed by atoms with van der Waals surface area (Å²) in [4.78, 5) is 6.26. The van der Waals surface area contributed by atoms with E-state index in [9.17, 15) is 8.42 Å². The van der Waals surface area contributed by atoms with Crippen molar-refractivity contribution in [2.24, 2.45) is 5.73 Å². The molecule has 1 aromatic rings. The fourth-order valence-corrected chi connectivity index (χ4v) is 3.95. The first-order valence-corrected chi connectivity index (χ1v) is 7.81. The molecule has 1 aliphatic heterocycles. The second-order valence-corrected chi connectivity index (χ2v) is 7.10. The molecule has 1 atom stereocenters. The molecule has 0 aromatic carbocycles. The molecule has 98 valence electrons. The van der Waals surface area contributed by atoms with Crippen LogP contribution < -0.4 is 10.6 Å². The van der Waals surface area contributed by atoms with Crippen molar-refractivity contribution in [3.63, 3.8) is 0 Å². The van der Waals surface area contributed by atoms with E-state index in [1.807, 2.05) is 18.0 Å². The molecule has 2 rings (SSSR count). The van der Waals surface area contributed by atoms with Crippen LogP contribution in [0.1, 0.15) is 12.1 Å². The molecule has 0 bridgehead atoms. The smallest absolute Gasteiger partial charge is 0.152 e. The van der Waals surface area contributed by atoms with Crippen LogP contribution in [0.3, 0.4) is 0 Å². The quantitative estimate of drug-likeness (QED) is 0.807. The molecule has 2 N–H and O–H groups in total. The molecule has 2 heterocycles. The minimum atomic E-state index is -2.88. The van der Waals surface area contributed by atoms with Gasteiger partial charge in [0.2, 0.25) is 0 Å². The third-order valence-electron chi connectivity index (χ3n) is 3.16. The Morgan fingerprint density at radius 1 is 1.61 bits per heavy atom. The van der Waals surface area contributed by atoms with Crippen molar-refractivity contribution in [1.82, 2.24) is 4.98 Å². The lowest BCUT2D eigenvalue weighted by Crippen LogP contribution is -2.32. The second-order valence-electron chi connectivity index (χ2n) is 4.43. The predicted molar refractivity (Wildman–Crippen MR) is 75.6 cm³/mol. The van der Waals surface area contributed by atoms with Crippen molar-refractivity contribution in [2.45, 2.75) is 12.5 Å². The molecule has 0 radical (unpaired) electrons. The first-order valence-electron chi connectivity index (χ1n) is 5.58. The number of thiocarbonyl (C=S) groups is 1. The largest absolute Gasteiger partial charge is 0.388 e. The summed E-state index contributed by atoms with van der Waals surface area (Å²) in [7, 11) is -1.00. The van der Waals surface area contributed by atoms with Gasteiger partial charge in [0.25, 0.3) is 0 Å². The summed E-state index contributed by atoms with van der Waals surface area (Å²) in [6.07, 6.45) is 2.29. The molecule has 0 saturated carbocycles. The van der Waals surface area contributed by atoms with Gasteiger partial charge in [-0.25, -0.2) is 8.42 Å². The first kappa shape index (κ1) is 13.2. The molecule has 7 heteroatoms. The van der Waals surface area contributed by atoms with Crippen LogP contribution in [-0.2, 0) is 9.84 Å². The fourth-order valence-electron chi connectivity index (χ4n) is 2.07.